The van der Waals surface area contributed by atoms with Crippen molar-refractivity contribution in [3.63, 3.8) is 0 Å². The largest absolute Gasteiger partial charge is 0.457 e. The van der Waals surface area contributed by atoms with Crippen LogP contribution in [0.3, 0.4) is 0 Å². The Balaban J connectivity index is 2.51. The van der Waals surface area contributed by atoms with E-state index in [0.29, 0.717) is 21.8 Å². The Morgan fingerprint density at radius 2 is 2.47 bits per heavy atom. The molecule has 82 valence electrons. The lowest BCUT2D eigenvalue weighted by molar-refractivity contribution is 0.0949. The van der Waals surface area contributed by atoms with Gasteiger partial charge in [0.2, 0.25) is 0 Å². The molecule has 1 atom stereocenters. The first-order valence-corrected chi connectivity index (χ1v) is 5.53. The van der Waals surface area contributed by atoms with E-state index in [9.17, 15) is 4.79 Å². The molecule has 0 radical (unpaired) electrons. The molecule has 0 saturated carbocycles. The van der Waals surface area contributed by atoms with Gasteiger partial charge in [-0.1, -0.05) is 19.1 Å². The second-order valence-electron chi connectivity index (χ2n) is 3.12. The predicted octanol–water partition coefficient (Wildman–Crippen LogP) is 1.69. The second kappa shape index (κ2) is 5.27. The van der Waals surface area contributed by atoms with Gasteiger partial charge in [0.15, 0.2) is 4.67 Å². The summed E-state index contributed by atoms with van der Waals surface area (Å²) in [6.45, 7) is 2.28. The van der Waals surface area contributed by atoms with Crippen molar-refractivity contribution in [2.75, 3.05) is 6.54 Å². The summed E-state index contributed by atoms with van der Waals surface area (Å²) < 4.78 is 5.36. The fourth-order valence-corrected chi connectivity index (χ4v) is 1.40. The van der Waals surface area contributed by atoms with Gasteiger partial charge in [0.25, 0.3) is 5.91 Å². The molecule has 0 aromatic carbocycles. The average molecular weight is 291 g/mol. The van der Waals surface area contributed by atoms with E-state index >= 15 is 0 Å². The molecular formula is C9H11BrN2O2S. The fraction of sp³-hybridized carbons (Fsp3) is 0.333. The number of thiocarbonyl (C=S) groups is 1. The molecule has 1 amide bonds. The van der Waals surface area contributed by atoms with Gasteiger partial charge in [-0.25, -0.2) is 0 Å². The lowest BCUT2D eigenvalue weighted by atomic mass is 10.2. The van der Waals surface area contributed by atoms with Crippen molar-refractivity contribution >= 4 is 39.0 Å². The van der Waals surface area contributed by atoms with Gasteiger partial charge in [-0.2, -0.15) is 0 Å². The maximum Gasteiger partial charge on any atom is 0.255 e. The van der Waals surface area contributed by atoms with Crippen LogP contribution in [0.1, 0.15) is 17.3 Å². The van der Waals surface area contributed by atoms with E-state index in [1.807, 2.05) is 6.92 Å². The molecule has 0 aliphatic rings. The summed E-state index contributed by atoms with van der Waals surface area (Å²) in [5.74, 6) is -0.228. The summed E-state index contributed by atoms with van der Waals surface area (Å²) in [6.07, 6.45) is 1.44. The van der Waals surface area contributed by atoms with Crippen LogP contribution in [-0.2, 0) is 0 Å². The van der Waals surface area contributed by atoms with Crippen molar-refractivity contribution in [3.05, 3.63) is 22.6 Å². The zero-order valence-electron chi connectivity index (χ0n) is 8.12. The molecule has 0 fully saturated rings. The highest BCUT2D eigenvalue weighted by molar-refractivity contribution is 9.10. The Labute approximate surface area is 101 Å². The summed E-state index contributed by atoms with van der Waals surface area (Å²) in [5.41, 5.74) is 5.89. The van der Waals surface area contributed by atoms with Crippen LogP contribution in [-0.4, -0.2) is 17.4 Å². The molecule has 0 aliphatic carbocycles. The first-order valence-electron chi connectivity index (χ1n) is 4.33. The molecule has 1 aromatic heterocycles. The molecule has 1 rings (SSSR count). The Morgan fingerprint density at radius 3 is 2.93 bits per heavy atom. The van der Waals surface area contributed by atoms with E-state index in [0.717, 1.165) is 0 Å². The summed E-state index contributed by atoms with van der Waals surface area (Å²) >= 11 is 7.92. The minimum absolute atomic E-state index is 0.0189. The predicted molar refractivity (Wildman–Crippen MR) is 64.7 cm³/mol. The molecule has 0 spiro atoms. The first-order chi connectivity index (χ1) is 7.02. The molecule has 0 saturated heterocycles. The summed E-state index contributed by atoms with van der Waals surface area (Å²) in [4.78, 5) is 12.0. The molecule has 6 heteroatoms. The molecule has 1 heterocycles. The Morgan fingerprint density at radius 1 is 1.80 bits per heavy atom. The first kappa shape index (κ1) is 12.2. The average Bonchev–Trinajstić information content (AvgIpc) is 2.60. The highest BCUT2D eigenvalue weighted by atomic mass is 79.9. The molecule has 0 bridgehead atoms. The van der Waals surface area contributed by atoms with E-state index in [-0.39, 0.29) is 11.8 Å². The lowest BCUT2D eigenvalue weighted by Gasteiger charge is -2.10. The van der Waals surface area contributed by atoms with Gasteiger partial charge in [0, 0.05) is 12.5 Å². The summed E-state index contributed by atoms with van der Waals surface area (Å²) in [5, 5.41) is 2.71. The molecule has 1 aromatic rings. The normalized spacial score (nSPS) is 12.1. The van der Waals surface area contributed by atoms with Crippen LogP contribution in [0.4, 0.5) is 0 Å². The number of rotatable bonds is 4. The van der Waals surface area contributed by atoms with Crippen molar-refractivity contribution in [1.29, 1.82) is 0 Å². The molecule has 1 unspecified atom stereocenters. The van der Waals surface area contributed by atoms with Crippen LogP contribution in [0, 0.1) is 5.92 Å². The van der Waals surface area contributed by atoms with Crippen LogP contribution in [0.5, 0.6) is 0 Å². The number of carbonyl (C=O) groups excluding carboxylic acids is 1. The highest BCUT2D eigenvalue weighted by Gasteiger charge is 2.13. The van der Waals surface area contributed by atoms with Crippen LogP contribution < -0.4 is 11.1 Å². The van der Waals surface area contributed by atoms with Gasteiger partial charge in [0.05, 0.1) is 16.8 Å². The van der Waals surface area contributed by atoms with Crippen LogP contribution in [0.2, 0.25) is 0 Å². The van der Waals surface area contributed by atoms with Crippen molar-refractivity contribution in [2.24, 2.45) is 11.7 Å². The van der Waals surface area contributed by atoms with Crippen molar-refractivity contribution in [2.45, 2.75) is 6.92 Å². The van der Waals surface area contributed by atoms with Gasteiger partial charge in [-0.15, -0.1) is 0 Å². The molecule has 0 aliphatic heterocycles. The van der Waals surface area contributed by atoms with Gasteiger partial charge >= 0.3 is 0 Å². The molecule has 15 heavy (non-hydrogen) atoms. The lowest BCUT2D eigenvalue weighted by Crippen LogP contribution is -2.33. The van der Waals surface area contributed by atoms with Crippen LogP contribution in [0.25, 0.3) is 0 Å². The number of hydrogen-bond donors (Lipinski definition) is 2. The highest BCUT2D eigenvalue weighted by Crippen LogP contribution is 2.17. The Hall–Kier alpha value is -0.880. The fourth-order valence-electron chi connectivity index (χ4n) is 0.897. The van der Waals surface area contributed by atoms with Crippen molar-refractivity contribution in [3.8, 4) is 0 Å². The van der Waals surface area contributed by atoms with Crippen molar-refractivity contribution < 1.29 is 9.21 Å². The third kappa shape index (κ3) is 3.32. The second-order valence-corrected chi connectivity index (χ2v) is 4.31. The number of nitrogens with one attached hydrogen (secondary N) is 1. The Bertz CT molecular complexity index is 378. The number of hydrogen-bond acceptors (Lipinski definition) is 3. The SMILES string of the molecule is CC(CNC(=O)c1ccoc1Br)C(N)=S. The van der Waals surface area contributed by atoms with E-state index in [1.165, 1.54) is 6.26 Å². The maximum absolute atomic E-state index is 11.6. The topological polar surface area (TPSA) is 68.3 Å². The zero-order valence-corrected chi connectivity index (χ0v) is 10.5. The number of furan rings is 1. The third-order valence-corrected chi connectivity index (χ3v) is 2.93. The smallest absolute Gasteiger partial charge is 0.255 e. The van der Waals surface area contributed by atoms with Crippen molar-refractivity contribution in [1.82, 2.24) is 5.32 Å². The van der Waals surface area contributed by atoms with Crippen LogP contribution >= 0.6 is 28.1 Å². The molecular weight excluding hydrogens is 280 g/mol. The number of nitrogens with two attached hydrogens (primary N) is 1. The van der Waals surface area contributed by atoms with E-state index in [2.05, 4.69) is 21.2 Å². The zero-order chi connectivity index (χ0) is 11.4. The van der Waals surface area contributed by atoms with Gasteiger partial charge in [-0.3, -0.25) is 4.79 Å². The maximum atomic E-state index is 11.6. The summed E-state index contributed by atoms with van der Waals surface area (Å²) in [7, 11) is 0. The van der Waals surface area contributed by atoms with E-state index < -0.39 is 0 Å². The monoisotopic (exact) mass is 290 g/mol. The van der Waals surface area contributed by atoms with Gasteiger partial charge < -0.3 is 15.5 Å². The minimum Gasteiger partial charge on any atom is -0.457 e. The van der Waals surface area contributed by atoms with E-state index in [1.54, 1.807) is 6.07 Å². The molecule has 3 N–H and O–H groups in total. The minimum atomic E-state index is -0.210. The quantitative estimate of drug-likeness (QED) is 0.828. The molecule has 4 nitrogen and oxygen atoms in total. The number of halogens is 1. The Kier molecular flexibility index (Phi) is 4.28. The van der Waals surface area contributed by atoms with Gasteiger partial charge in [-0.05, 0) is 22.0 Å². The van der Waals surface area contributed by atoms with Crippen LogP contribution in [0.15, 0.2) is 21.4 Å². The standard InChI is InChI=1S/C9H11BrN2O2S/c1-5(8(11)15)4-12-9(13)6-2-3-14-7(6)10/h2-3,5H,4H2,1H3,(H2,11,15)(H,12,13). The summed E-state index contributed by atoms with van der Waals surface area (Å²) in [6, 6.07) is 1.59. The van der Waals surface area contributed by atoms with Gasteiger partial charge in [0.1, 0.15) is 0 Å². The third-order valence-electron chi connectivity index (χ3n) is 1.92. The van der Waals surface area contributed by atoms with E-state index in [4.69, 9.17) is 22.4 Å². The number of amides is 1. The number of carbonyl (C=O) groups is 1.